The third-order valence-corrected chi connectivity index (χ3v) is 3.89. The highest BCUT2D eigenvalue weighted by atomic mass is 16.3. The normalized spacial score (nSPS) is 11.9. The summed E-state index contributed by atoms with van der Waals surface area (Å²) in [5.41, 5.74) is 2.12. The van der Waals surface area contributed by atoms with Gasteiger partial charge in [0, 0.05) is 17.4 Å². The molecule has 128 valence electrons. The summed E-state index contributed by atoms with van der Waals surface area (Å²) in [7, 11) is 0. The van der Waals surface area contributed by atoms with Gasteiger partial charge in [-0.2, -0.15) is 0 Å². The minimum absolute atomic E-state index is 0.332. The number of H-pyrrole nitrogens is 1. The zero-order chi connectivity index (χ0) is 17.6. The van der Waals surface area contributed by atoms with Crippen LogP contribution in [0.3, 0.4) is 0 Å². The molecule has 25 heavy (non-hydrogen) atoms. The molecule has 0 aliphatic carbocycles. The molecule has 6 heteroatoms. The molecule has 0 radical (unpaired) electrons. The number of carbonyl (C=O) groups excluding carboxylic acids is 2. The highest BCUT2D eigenvalue weighted by molar-refractivity contribution is 6.00. The van der Waals surface area contributed by atoms with E-state index < -0.39 is 24.5 Å². The largest absolute Gasteiger partial charge is 0.394 e. The Balaban J connectivity index is 1.62. The number of carbonyl (C=O) groups is 2. The van der Waals surface area contributed by atoms with Crippen molar-refractivity contribution in [1.29, 1.82) is 0 Å². The predicted molar refractivity (Wildman–Crippen MR) is 94.9 cm³/mol. The van der Waals surface area contributed by atoms with Crippen LogP contribution in [0.4, 0.5) is 0 Å². The van der Waals surface area contributed by atoms with Crippen molar-refractivity contribution in [2.75, 3.05) is 6.61 Å². The Kier molecular flexibility index (Phi) is 5.11. The molecule has 0 aliphatic rings. The summed E-state index contributed by atoms with van der Waals surface area (Å²) < 4.78 is 0. The Morgan fingerprint density at radius 2 is 1.76 bits per heavy atom. The van der Waals surface area contributed by atoms with E-state index in [1.165, 1.54) is 0 Å². The van der Waals surface area contributed by atoms with Gasteiger partial charge in [-0.25, -0.2) is 0 Å². The number of fused-ring (bicyclic) bond motifs is 1. The molecule has 3 aromatic rings. The molecule has 0 bridgehead atoms. The van der Waals surface area contributed by atoms with Gasteiger partial charge in [-0.3, -0.25) is 9.59 Å². The lowest BCUT2D eigenvalue weighted by Crippen LogP contribution is -2.48. The van der Waals surface area contributed by atoms with E-state index in [1.807, 2.05) is 54.6 Å². The molecule has 0 fully saturated rings. The van der Waals surface area contributed by atoms with Gasteiger partial charge in [0.2, 0.25) is 5.91 Å². The molecule has 3 rings (SSSR count). The zero-order valence-corrected chi connectivity index (χ0v) is 13.5. The number of aromatic amines is 1. The van der Waals surface area contributed by atoms with E-state index in [9.17, 15) is 14.7 Å². The second-order valence-electron chi connectivity index (χ2n) is 5.68. The SMILES string of the molecule is O=C(NC(CO)C(=O)NCc1ccccc1)c1cc2ccccc2[nH]1. The number of aliphatic hydroxyl groups is 1. The van der Waals surface area contributed by atoms with Crippen LogP contribution in [0, 0.1) is 0 Å². The molecule has 1 atom stereocenters. The van der Waals surface area contributed by atoms with Crippen molar-refractivity contribution in [3.63, 3.8) is 0 Å². The lowest BCUT2D eigenvalue weighted by Gasteiger charge is -2.15. The summed E-state index contributed by atoms with van der Waals surface area (Å²) in [5, 5.41) is 15.6. The summed E-state index contributed by atoms with van der Waals surface area (Å²) >= 11 is 0. The van der Waals surface area contributed by atoms with Crippen LogP contribution in [0.15, 0.2) is 60.7 Å². The standard InChI is InChI=1S/C19H19N3O3/c23-12-17(18(24)20-11-13-6-2-1-3-7-13)22-19(25)16-10-14-8-4-5-9-15(14)21-16/h1-10,17,21,23H,11-12H2,(H,20,24)(H,22,25). The molecule has 0 aliphatic heterocycles. The Morgan fingerprint density at radius 1 is 1.04 bits per heavy atom. The predicted octanol–water partition coefficient (Wildman–Crippen LogP) is 1.57. The first-order chi connectivity index (χ1) is 12.2. The number of benzene rings is 2. The molecule has 1 unspecified atom stereocenters. The zero-order valence-electron chi connectivity index (χ0n) is 13.5. The van der Waals surface area contributed by atoms with Crippen LogP contribution in [0.5, 0.6) is 0 Å². The Morgan fingerprint density at radius 3 is 2.48 bits per heavy atom. The van der Waals surface area contributed by atoms with Gasteiger partial charge in [-0.1, -0.05) is 48.5 Å². The number of amides is 2. The lowest BCUT2D eigenvalue weighted by atomic mass is 10.2. The second-order valence-corrected chi connectivity index (χ2v) is 5.68. The minimum Gasteiger partial charge on any atom is -0.394 e. The lowest BCUT2D eigenvalue weighted by molar-refractivity contribution is -0.124. The summed E-state index contributed by atoms with van der Waals surface area (Å²) in [6.07, 6.45) is 0. The topological polar surface area (TPSA) is 94.2 Å². The molecule has 2 amide bonds. The fourth-order valence-corrected chi connectivity index (χ4v) is 2.53. The first-order valence-electron chi connectivity index (χ1n) is 7.98. The number of para-hydroxylation sites is 1. The van der Waals surface area contributed by atoms with Crippen molar-refractivity contribution < 1.29 is 14.7 Å². The molecule has 6 nitrogen and oxygen atoms in total. The van der Waals surface area contributed by atoms with Gasteiger partial charge in [0.25, 0.3) is 5.91 Å². The molecule has 4 N–H and O–H groups in total. The maximum absolute atomic E-state index is 12.3. The highest BCUT2D eigenvalue weighted by Gasteiger charge is 2.21. The van der Waals surface area contributed by atoms with Crippen molar-refractivity contribution >= 4 is 22.7 Å². The van der Waals surface area contributed by atoms with Crippen LogP contribution in [0.25, 0.3) is 10.9 Å². The molecule has 2 aromatic carbocycles. The smallest absolute Gasteiger partial charge is 0.268 e. The number of aliphatic hydroxyl groups excluding tert-OH is 1. The number of hydrogen-bond donors (Lipinski definition) is 4. The van der Waals surface area contributed by atoms with Gasteiger partial charge in [0.15, 0.2) is 0 Å². The monoisotopic (exact) mass is 337 g/mol. The van der Waals surface area contributed by atoms with Crippen LogP contribution in [0.2, 0.25) is 0 Å². The maximum atomic E-state index is 12.3. The molecule has 1 heterocycles. The van der Waals surface area contributed by atoms with E-state index in [0.717, 1.165) is 16.5 Å². The highest BCUT2D eigenvalue weighted by Crippen LogP contribution is 2.14. The van der Waals surface area contributed by atoms with E-state index in [-0.39, 0.29) is 0 Å². The Labute approximate surface area is 144 Å². The van der Waals surface area contributed by atoms with Gasteiger partial charge in [0.1, 0.15) is 11.7 Å². The number of rotatable bonds is 6. The summed E-state index contributed by atoms with van der Waals surface area (Å²) in [6, 6.07) is 17.6. The third kappa shape index (κ3) is 4.05. The van der Waals surface area contributed by atoms with E-state index in [2.05, 4.69) is 15.6 Å². The van der Waals surface area contributed by atoms with E-state index in [1.54, 1.807) is 6.07 Å². The van der Waals surface area contributed by atoms with Crippen molar-refractivity contribution in [1.82, 2.24) is 15.6 Å². The Hall–Kier alpha value is -3.12. The molecule has 0 saturated heterocycles. The van der Waals surface area contributed by atoms with E-state index in [0.29, 0.717) is 12.2 Å². The van der Waals surface area contributed by atoms with Gasteiger partial charge >= 0.3 is 0 Å². The second kappa shape index (κ2) is 7.63. The van der Waals surface area contributed by atoms with Gasteiger partial charge in [0.05, 0.1) is 6.61 Å². The first kappa shape index (κ1) is 16.7. The van der Waals surface area contributed by atoms with Crippen LogP contribution < -0.4 is 10.6 Å². The van der Waals surface area contributed by atoms with Gasteiger partial charge in [-0.15, -0.1) is 0 Å². The van der Waals surface area contributed by atoms with Crippen molar-refractivity contribution in [2.24, 2.45) is 0 Å². The summed E-state index contributed by atoms with van der Waals surface area (Å²) in [6.45, 7) is -0.148. The van der Waals surface area contributed by atoms with Crippen molar-refractivity contribution in [3.05, 3.63) is 71.9 Å². The number of nitrogens with one attached hydrogen (secondary N) is 3. The quantitative estimate of drug-likeness (QED) is 0.550. The molecule has 1 aromatic heterocycles. The van der Waals surface area contributed by atoms with Crippen LogP contribution in [0.1, 0.15) is 16.1 Å². The van der Waals surface area contributed by atoms with E-state index in [4.69, 9.17) is 0 Å². The van der Waals surface area contributed by atoms with E-state index >= 15 is 0 Å². The fourth-order valence-electron chi connectivity index (χ4n) is 2.53. The van der Waals surface area contributed by atoms with Gasteiger partial charge in [-0.05, 0) is 17.7 Å². The average molecular weight is 337 g/mol. The average Bonchev–Trinajstić information content (AvgIpc) is 3.09. The molecular weight excluding hydrogens is 318 g/mol. The number of hydrogen-bond acceptors (Lipinski definition) is 3. The molecule has 0 spiro atoms. The van der Waals surface area contributed by atoms with Crippen LogP contribution in [-0.4, -0.2) is 34.6 Å². The van der Waals surface area contributed by atoms with Gasteiger partial charge < -0.3 is 20.7 Å². The minimum atomic E-state index is -1.01. The Bertz CT molecular complexity index is 841. The van der Waals surface area contributed by atoms with Crippen molar-refractivity contribution in [3.8, 4) is 0 Å². The maximum Gasteiger partial charge on any atom is 0.268 e. The van der Waals surface area contributed by atoms with Crippen LogP contribution >= 0.6 is 0 Å². The summed E-state index contributed by atoms with van der Waals surface area (Å²) in [5.74, 6) is -0.874. The fraction of sp³-hybridized carbons (Fsp3) is 0.158. The molecule has 0 saturated carbocycles. The van der Waals surface area contributed by atoms with Crippen molar-refractivity contribution in [2.45, 2.75) is 12.6 Å². The van der Waals surface area contributed by atoms with Crippen LogP contribution in [-0.2, 0) is 11.3 Å². The third-order valence-electron chi connectivity index (χ3n) is 3.89. The summed E-state index contributed by atoms with van der Waals surface area (Å²) in [4.78, 5) is 27.5. The number of aromatic nitrogens is 1. The first-order valence-corrected chi connectivity index (χ1v) is 7.98. The molecular formula is C19H19N3O3.